The van der Waals surface area contributed by atoms with E-state index < -0.39 is 17.4 Å². The summed E-state index contributed by atoms with van der Waals surface area (Å²) in [6.07, 6.45) is 0.125. The van der Waals surface area contributed by atoms with Gasteiger partial charge >= 0.3 is 6.03 Å². The van der Waals surface area contributed by atoms with Gasteiger partial charge < -0.3 is 29.8 Å². The maximum absolute atomic E-state index is 14.5. The van der Waals surface area contributed by atoms with Crippen molar-refractivity contribution in [2.24, 2.45) is 0 Å². The van der Waals surface area contributed by atoms with Crippen LogP contribution in [0.4, 0.5) is 26.4 Å². The molecule has 2 amide bonds. The molecule has 3 heterocycles. The highest BCUT2D eigenvalue weighted by Gasteiger charge is 2.22. The van der Waals surface area contributed by atoms with Crippen LogP contribution in [0.3, 0.4) is 0 Å². The van der Waals surface area contributed by atoms with Gasteiger partial charge in [0.15, 0.2) is 5.82 Å². The number of benzene rings is 3. The molecule has 5 aromatic rings. The Labute approximate surface area is 265 Å². The molecular weight excluding hydrogens is 589 g/mol. The number of nitrogens with zero attached hydrogens (tertiary/aromatic N) is 3. The Morgan fingerprint density at radius 1 is 0.935 bits per heavy atom. The summed E-state index contributed by atoms with van der Waals surface area (Å²) in [5.41, 5.74) is 2.21. The van der Waals surface area contributed by atoms with Crippen molar-refractivity contribution in [2.45, 2.75) is 32.8 Å². The summed E-state index contributed by atoms with van der Waals surface area (Å²) in [5, 5.41) is 16.5. The zero-order valence-electron chi connectivity index (χ0n) is 25.8. The largest absolute Gasteiger partial charge is 0.458 e. The molecule has 1 aliphatic rings. The molecule has 236 valence electrons. The number of aliphatic hydroxyl groups is 1. The van der Waals surface area contributed by atoms with E-state index in [1.54, 1.807) is 38.1 Å². The molecule has 0 radical (unpaired) electrons. The highest BCUT2D eigenvalue weighted by atomic mass is 19.1. The Morgan fingerprint density at radius 2 is 1.67 bits per heavy atom. The number of morpholine rings is 1. The first-order valence-electron chi connectivity index (χ1n) is 15.0. The number of fused-ring (bicyclic) bond motifs is 1. The Hall–Kier alpha value is -5.13. The Balaban J connectivity index is 1.26. The Kier molecular flexibility index (Phi) is 8.53. The van der Waals surface area contributed by atoms with Crippen molar-refractivity contribution in [1.29, 1.82) is 0 Å². The average molecular weight is 624 g/mol. The fraction of sp³-hybridized carbons (Fsp3) is 0.257. The predicted molar refractivity (Wildman–Crippen MR) is 174 cm³/mol. The monoisotopic (exact) mass is 623 g/mol. The first-order chi connectivity index (χ1) is 22.0. The number of aromatic nitrogens is 2. The van der Waals surface area contributed by atoms with Gasteiger partial charge in [-0.05, 0) is 87.0 Å². The molecule has 46 heavy (non-hydrogen) atoms. The second-order valence-electron chi connectivity index (χ2n) is 11.8. The summed E-state index contributed by atoms with van der Waals surface area (Å²) in [6, 6.07) is 20.2. The number of carbonyl (C=O) groups is 2. The normalized spacial score (nSPS) is 13.5. The van der Waals surface area contributed by atoms with Gasteiger partial charge in [-0.3, -0.25) is 4.79 Å². The first-order valence-corrected chi connectivity index (χ1v) is 15.0. The van der Waals surface area contributed by atoms with Gasteiger partial charge in [0.05, 0.1) is 24.4 Å². The molecule has 0 atom stereocenters. The highest BCUT2D eigenvalue weighted by Crippen LogP contribution is 2.34. The van der Waals surface area contributed by atoms with Gasteiger partial charge in [-0.25, -0.2) is 19.2 Å². The number of ether oxygens (including phenoxy) is 1. The van der Waals surface area contributed by atoms with E-state index in [-0.39, 0.29) is 17.9 Å². The van der Waals surface area contributed by atoms with Gasteiger partial charge in [0.2, 0.25) is 0 Å². The van der Waals surface area contributed by atoms with E-state index in [9.17, 15) is 19.1 Å². The van der Waals surface area contributed by atoms with Gasteiger partial charge in [-0.2, -0.15) is 0 Å². The molecule has 0 aliphatic carbocycles. The van der Waals surface area contributed by atoms with Gasteiger partial charge in [-0.15, -0.1) is 0 Å². The minimum Gasteiger partial charge on any atom is -0.458 e. The molecule has 3 N–H and O–H groups in total. The number of amides is 2. The molecule has 10 nitrogen and oxygen atoms in total. The van der Waals surface area contributed by atoms with Crippen LogP contribution in [0, 0.1) is 5.82 Å². The molecule has 0 unspecified atom stereocenters. The van der Waals surface area contributed by atoms with Crippen LogP contribution in [0.5, 0.6) is 0 Å². The number of nitrogens with one attached hydrogen (secondary N) is 2. The molecule has 1 aliphatic heterocycles. The summed E-state index contributed by atoms with van der Waals surface area (Å²) < 4.78 is 26.0. The van der Waals surface area contributed by atoms with E-state index in [1.165, 1.54) is 19.1 Å². The number of halogens is 1. The van der Waals surface area contributed by atoms with E-state index >= 15 is 0 Å². The van der Waals surface area contributed by atoms with Crippen LogP contribution in [-0.4, -0.2) is 53.2 Å². The topological polar surface area (TPSA) is 130 Å². The Bertz CT molecular complexity index is 1910. The summed E-state index contributed by atoms with van der Waals surface area (Å²) in [7, 11) is 0. The predicted octanol–water partition coefficient (Wildman–Crippen LogP) is 6.54. The zero-order valence-corrected chi connectivity index (χ0v) is 25.8. The molecular formula is C35H34FN5O5. The van der Waals surface area contributed by atoms with E-state index in [1.807, 2.05) is 36.4 Å². The third-order valence-electron chi connectivity index (χ3n) is 7.62. The van der Waals surface area contributed by atoms with Crippen molar-refractivity contribution in [3.05, 3.63) is 89.9 Å². The molecule has 3 aromatic carbocycles. The number of furan rings is 1. The van der Waals surface area contributed by atoms with Crippen molar-refractivity contribution in [3.8, 4) is 22.7 Å². The van der Waals surface area contributed by atoms with Crippen molar-refractivity contribution < 1.29 is 28.2 Å². The third kappa shape index (κ3) is 6.90. The van der Waals surface area contributed by atoms with E-state index in [2.05, 4.69) is 15.5 Å². The van der Waals surface area contributed by atoms with Crippen LogP contribution < -0.4 is 15.5 Å². The van der Waals surface area contributed by atoms with Gasteiger partial charge in [0.1, 0.15) is 34.5 Å². The number of ketones is 1. The van der Waals surface area contributed by atoms with Crippen LogP contribution >= 0.6 is 0 Å². The summed E-state index contributed by atoms with van der Waals surface area (Å²) >= 11 is 0. The van der Waals surface area contributed by atoms with E-state index in [0.717, 1.165) is 27.8 Å². The van der Waals surface area contributed by atoms with Crippen molar-refractivity contribution in [1.82, 2.24) is 9.97 Å². The van der Waals surface area contributed by atoms with Crippen molar-refractivity contribution in [2.75, 3.05) is 41.8 Å². The lowest BCUT2D eigenvalue weighted by molar-refractivity contribution is -0.116. The number of urea groups is 1. The number of rotatable bonds is 8. The number of Topliss-reactive ketones (excluding diaryl/α,β-unsaturated/α-hetero) is 1. The van der Waals surface area contributed by atoms with Crippen LogP contribution in [0.15, 0.2) is 77.2 Å². The molecule has 0 bridgehead atoms. The maximum Gasteiger partial charge on any atom is 0.323 e. The van der Waals surface area contributed by atoms with E-state index in [0.29, 0.717) is 54.9 Å². The number of anilines is 3. The fourth-order valence-corrected chi connectivity index (χ4v) is 5.28. The smallest absolute Gasteiger partial charge is 0.323 e. The molecule has 1 saturated heterocycles. The average Bonchev–Trinajstić information content (AvgIpc) is 3.54. The molecule has 0 spiro atoms. The molecule has 2 aromatic heterocycles. The second kappa shape index (κ2) is 12.7. The molecule has 11 heteroatoms. The minimum atomic E-state index is -1.10. The summed E-state index contributed by atoms with van der Waals surface area (Å²) in [4.78, 5) is 36.0. The van der Waals surface area contributed by atoms with Crippen molar-refractivity contribution >= 4 is 39.9 Å². The molecule has 6 rings (SSSR count). The molecule has 1 fully saturated rings. The quantitative estimate of drug-likeness (QED) is 0.178. The van der Waals surface area contributed by atoms with Gasteiger partial charge in [0.25, 0.3) is 0 Å². The summed E-state index contributed by atoms with van der Waals surface area (Å²) in [6.45, 7) is 7.37. The van der Waals surface area contributed by atoms with Crippen LogP contribution in [0.25, 0.3) is 33.6 Å². The van der Waals surface area contributed by atoms with E-state index in [4.69, 9.17) is 19.1 Å². The number of hydrogen-bond acceptors (Lipinski definition) is 8. The van der Waals surface area contributed by atoms with Crippen LogP contribution in [0.2, 0.25) is 0 Å². The van der Waals surface area contributed by atoms with Crippen LogP contribution in [0.1, 0.15) is 32.1 Å². The lowest BCUT2D eigenvalue weighted by atomic mass is 10.1. The number of carbonyl (C=O) groups excluding carboxylic acids is 2. The highest BCUT2D eigenvalue weighted by molar-refractivity contribution is 6.00. The number of hydrogen-bond donors (Lipinski definition) is 3. The first kappa shape index (κ1) is 30.9. The lowest BCUT2D eigenvalue weighted by Gasteiger charge is -2.29. The minimum absolute atomic E-state index is 0.00634. The lowest BCUT2D eigenvalue weighted by Crippen LogP contribution is -2.37. The van der Waals surface area contributed by atoms with Crippen LogP contribution in [-0.2, 0) is 21.6 Å². The fourth-order valence-electron chi connectivity index (χ4n) is 5.28. The standard InChI is InChI=1S/C35H34FN5O5/c1-21(42)18-22-4-11-28(27(36)19-22)39-34(43)37-25-8-5-23(6-9-25)32-38-29-20-24(30-12-13-31(46-30)35(2,3)44)7-10-26(29)33(40-32)41-14-16-45-17-15-41/h4-13,19-20,44H,14-18H2,1-3H3,(H2,37,39,43). The van der Waals surface area contributed by atoms with Gasteiger partial charge in [0, 0.05) is 41.7 Å². The van der Waals surface area contributed by atoms with Crippen molar-refractivity contribution in [3.63, 3.8) is 0 Å². The Morgan fingerprint density at radius 3 is 2.35 bits per heavy atom. The third-order valence-corrected chi connectivity index (χ3v) is 7.62. The van der Waals surface area contributed by atoms with Gasteiger partial charge in [-0.1, -0.05) is 12.1 Å². The molecule has 0 saturated carbocycles. The SMILES string of the molecule is CC(=O)Cc1ccc(NC(=O)Nc2ccc(-c3nc(N4CCOCC4)c4ccc(-c5ccc(C(C)(C)O)o5)cc4n3)cc2)c(F)c1. The zero-order chi connectivity index (χ0) is 32.4. The second-order valence-corrected chi connectivity index (χ2v) is 11.8. The summed E-state index contributed by atoms with van der Waals surface area (Å²) in [5.74, 6) is 1.69. The maximum atomic E-state index is 14.5.